The molecule has 1 aliphatic rings. The highest BCUT2D eigenvalue weighted by molar-refractivity contribution is 6.30. The van der Waals surface area contributed by atoms with E-state index in [1.54, 1.807) is 12.1 Å². The summed E-state index contributed by atoms with van der Waals surface area (Å²) < 4.78 is 0. The van der Waals surface area contributed by atoms with Crippen molar-refractivity contribution < 1.29 is 4.79 Å². The van der Waals surface area contributed by atoms with Gasteiger partial charge in [0.2, 0.25) is 0 Å². The van der Waals surface area contributed by atoms with E-state index in [-0.39, 0.29) is 11.3 Å². The van der Waals surface area contributed by atoms with E-state index in [0.717, 1.165) is 48.2 Å². The quantitative estimate of drug-likeness (QED) is 0.574. The molecule has 144 valence electrons. The molecule has 0 saturated carbocycles. The minimum Gasteiger partial charge on any atom is -0.281 e. The van der Waals surface area contributed by atoms with Crippen molar-refractivity contribution in [2.24, 2.45) is 16.4 Å². The monoisotopic (exact) mass is 386 g/mol. The summed E-state index contributed by atoms with van der Waals surface area (Å²) in [5, 5.41) is 12.2. The van der Waals surface area contributed by atoms with E-state index in [1.807, 2.05) is 19.1 Å². The van der Waals surface area contributed by atoms with Gasteiger partial charge in [0.25, 0.3) is 5.91 Å². The van der Waals surface area contributed by atoms with E-state index in [2.05, 4.69) is 41.5 Å². The van der Waals surface area contributed by atoms with Crippen LogP contribution in [0.5, 0.6) is 0 Å². The number of hydrogen-bond donors (Lipinski definition) is 2. The highest BCUT2D eigenvalue weighted by atomic mass is 35.5. The highest BCUT2D eigenvalue weighted by Crippen LogP contribution is 2.40. The summed E-state index contributed by atoms with van der Waals surface area (Å²) in [6, 6.07) is 7.36. The first-order chi connectivity index (χ1) is 12.8. The van der Waals surface area contributed by atoms with E-state index in [0.29, 0.717) is 16.6 Å². The third-order valence-electron chi connectivity index (χ3n) is 5.96. The van der Waals surface area contributed by atoms with Gasteiger partial charge in [-0.3, -0.25) is 9.89 Å². The Morgan fingerprint density at radius 2 is 2.07 bits per heavy atom. The van der Waals surface area contributed by atoms with Crippen molar-refractivity contribution in [1.29, 1.82) is 0 Å². The summed E-state index contributed by atoms with van der Waals surface area (Å²) in [5.41, 5.74) is 7.13. The summed E-state index contributed by atoms with van der Waals surface area (Å²) in [7, 11) is 0. The third kappa shape index (κ3) is 4.24. The first kappa shape index (κ1) is 19.6. The van der Waals surface area contributed by atoms with Crippen LogP contribution in [0.3, 0.4) is 0 Å². The lowest BCUT2D eigenvalue weighted by Crippen LogP contribution is -2.30. The second-order valence-electron chi connectivity index (χ2n) is 7.96. The van der Waals surface area contributed by atoms with Crippen molar-refractivity contribution in [2.75, 3.05) is 0 Å². The van der Waals surface area contributed by atoms with Gasteiger partial charge in [0.05, 0.1) is 5.71 Å². The van der Waals surface area contributed by atoms with Crippen LogP contribution in [0.15, 0.2) is 29.4 Å². The number of fused-ring (bicyclic) bond motifs is 1. The molecule has 0 saturated heterocycles. The largest absolute Gasteiger partial charge is 0.292 e. The predicted octanol–water partition coefficient (Wildman–Crippen LogP) is 4.76. The second-order valence-corrected chi connectivity index (χ2v) is 8.39. The second kappa shape index (κ2) is 7.85. The average molecular weight is 387 g/mol. The molecule has 1 aliphatic carbocycles. The molecule has 0 fully saturated rings. The van der Waals surface area contributed by atoms with Crippen LogP contribution in [-0.4, -0.2) is 21.8 Å². The molecular formula is C21H27ClN4O. The van der Waals surface area contributed by atoms with Crippen LogP contribution < -0.4 is 5.43 Å². The number of nitrogens with one attached hydrogen (secondary N) is 2. The van der Waals surface area contributed by atoms with E-state index >= 15 is 0 Å². The SMILES string of the molecule is CCC(C)(C)C1CCc2[nH]nc(C(=O)N/N=C(/C)c3ccc(Cl)cc3)c2C1. The van der Waals surface area contributed by atoms with E-state index in [1.165, 1.54) is 0 Å². The molecule has 1 heterocycles. The molecule has 2 N–H and O–H groups in total. The number of H-pyrrole nitrogens is 1. The smallest absolute Gasteiger partial charge is 0.281 e. The zero-order valence-corrected chi connectivity index (χ0v) is 17.2. The number of aryl methyl sites for hydroxylation is 1. The minimum absolute atomic E-state index is 0.256. The number of hydrogen-bond acceptors (Lipinski definition) is 3. The van der Waals surface area contributed by atoms with E-state index in [4.69, 9.17) is 11.6 Å². The van der Waals surface area contributed by atoms with Crippen LogP contribution >= 0.6 is 11.6 Å². The molecule has 3 rings (SSSR count). The van der Waals surface area contributed by atoms with Gasteiger partial charge in [-0.2, -0.15) is 10.2 Å². The number of nitrogens with zero attached hydrogens (tertiary/aromatic N) is 2. The fourth-order valence-electron chi connectivity index (χ4n) is 3.58. The number of benzene rings is 1. The number of aromatic nitrogens is 2. The van der Waals surface area contributed by atoms with Gasteiger partial charge in [0.1, 0.15) is 0 Å². The Labute approximate surface area is 165 Å². The molecule has 6 heteroatoms. The van der Waals surface area contributed by atoms with Gasteiger partial charge in [0.15, 0.2) is 5.69 Å². The van der Waals surface area contributed by atoms with Gasteiger partial charge in [-0.1, -0.05) is 50.9 Å². The molecule has 0 bridgehead atoms. The topological polar surface area (TPSA) is 70.1 Å². The van der Waals surface area contributed by atoms with Crippen LogP contribution in [-0.2, 0) is 12.8 Å². The van der Waals surface area contributed by atoms with Gasteiger partial charge in [0, 0.05) is 16.3 Å². The number of hydrazone groups is 1. The lowest BCUT2D eigenvalue weighted by molar-refractivity contribution is 0.0947. The maximum absolute atomic E-state index is 12.7. The lowest BCUT2D eigenvalue weighted by Gasteiger charge is -2.36. The molecule has 1 unspecified atom stereocenters. The van der Waals surface area contributed by atoms with Crippen molar-refractivity contribution in [3.63, 3.8) is 0 Å². The van der Waals surface area contributed by atoms with Crippen LogP contribution in [0.4, 0.5) is 0 Å². The number of amides is 1. The highest BCUT2D eigenvalue weighted by Gasteiger charge is 2.34. The average Bonchev–Trinajstić information content (AvgIpc) is 3.09. The molecule has 1 amide bonds. The maximum atomic E-state index is 12.7. The third-order valence-corrected chi connectivity index (χ3v) is 6.22. The van der Waals surface area contributed by atoms with Crippen LogP contribution in [0.25, 0.3) is 0 Å². The first-order valence-electron chi connectivity index (χ1n) is 9.48. The molecule has 1 atom stereocenters. The molecular weight excluding hydrogens is 360 g/mol. The zero-order chi connectivity index (χ0) is 19.6. The molecule has 1 aromatic carbocycles. The number of aromatic amines is 1. The van der Waals surface area contributed by atoms with Crippen LogP contribution in [0, 0.1) is 11.3 Å². The number of carbonyl (C=O) groups is 1. The standard InChI is InChI=1S/C21H27ClN4O/c1-5-21(3,4)15-8-11-18-17(12-15)19(25-24-18)20(27)26-23-13(2)14-6-9-16(22)10-7-14/h6-7,9-10,15H,5,8,11-12H2,1-4H3,(H,24,25)(H,26,27)/b23-13-. The predicted molar refractivity (Wildman–Crippen MR) is 109 cm³/mol. The van der Waals surface area contributed by atoms with Crippen molar-refractivity contribution in [3.8, 4) is 0 Å². The Kier molecular flexibility index (Phi) is 5.70. The summed E-state index contributed by atoms with van der Waals surface area (Å²) in [6.07, 6.45) is 4.08. The minimum atomic E-state index is -0.268. The maximum Gasteiger partial charge on any atom is 0.292 e. The molecule has 2 aromatic rings. The molecule has 0 aliphatic heterocycles. The molecule has 27 heavy (non-hydrogen) atoms. The van der Waals surface area contributed by atoms with Crippen molar-refractivity contribution in [3.05, 3.63) is 51.8 Å². The van der Waals surface area contributed by atoms with Gasteiger partial charge >= 0.3 is 0 Å². The number of rotatable bonds is 5. The normalized spacial score (nSPS) is 17.5. The first-order valence-corrected chi connectivity index (χ1v) is 9.86. The summed E-state index contributed by atoms with van der Waals surface area (Å²) in [4.78, 5) is 12.7. The summed E-state index contributed by atoms with van der Waals surface area (Å²) in [6.45, 7) is 8.70. The Balaban J connectivity index is 1.74. The molecule has 5 nitrogen and oxygen atoms in total. The lowest BCUT2D eigenvalue weighted by atomic mass is 9.69. The molecule has 1 aromatic heterocycles. The van der Waals surface area contributed by atoms with Crippen molar-refractivity contribution in [2.45, 2.75) is 53.4 Å². The van der Waals surface area contributed by atoms with Gasteiger partial charge < -0.3 is 0 Å². The van der Waals surface area contributed by atoms with E-state index in [9.17, 15) is 4.79 Å². The Hall–Kier alpha value is -2.14. The van der Waals surface area contributed by atoms with Crippen LogP contribution in [0.2, 0.25) is 5.02 Å². The Bertz CT molecular complexity index is 852. The van der Waals surface area contributed by atoms with Gasteiger partial charge in [-0.15, -0.1) is 0 Å². The van der Waals surface area contributed by atoms with Gasteiger partial charge in [-0.25, -0.2) is 5.43 Å². The Morgan fingerprint density at radius 1 is 1.37 bits per heavy atom. The summed E-state index contributed by atoms with van der Waals surface area (Å²) in [5.74, 6) is 0.286. The fourth-order valence-corrected chi connectivity index (χ4v) is 3.71. The van der Waals surface area contributed by atoms with Crippen molar-refractivity contribution in [1.82, 2.24) is 15.6 Å². The van der Waals surface area contributed by atoms with Gasteiger partial charge in [-0.05, 0) is 55.2 Å². The number of carbonyl (C=O) groups excluding carboxylic acids is 1. The summed E-state index contributed by atoms with van der Waals surface area (Å²) >= 11 is 5.91. The van der Waals surface area contributed by atoms with Crippen LogP contribution in [0.1, 0.15) is 67.8 Å². The zero-order valence-electron chi connectivity index (χ0n) is 16.4. The molecule has 0 spiro atoms. The van der Waals surface area contributed by atoms with E-state index < -0.39 is 0 Å². The Morgan fingerprint density at radius 3 is 2.74 bits per heavy atom. The van der Waals surface area contributed by atoms with Crippen molar-refractivity contribution >= 4 is 23.2 Å². The number of halogens is 1. The molecule has 0 radical (unpaired) electrons. The fraction of sp³-hybridized carbons (Fsp3) is 0.476.